The standard InChI is InChI=1S/C27H22N4O/c32-26(30-28-19-20-15-16-21-9-7-8-10-22(21)17-20)25-18-27(31-29-25,23-11-3-1-4-12-23)24-13-5-2-6-14-24/h1-19,29,31H,(H,30,32). The zero-order valence-corrected chi connectivity index (χ0v) is 17.3. The molecule has 156 valence electrons. The van der Waals surface area contributed by atoms with Gasteiger partial charge in [0.1, 0.15) is 11.2 Å². The molecular formula is C27H22N4O. The van der Waals surface area contributed by atoms with Crippen molar-refractivity contribution in [2.24, 2.45) is 5.10 Å². The predicted octanol–water partition coefficient (Wildman–Crippen LogP) is 4.23. The summed E-state index contributed by atoms with van der Waals surface area (Å²) < 4.78 is 0. The number of benzene rings is 4. The normalized spacial score (nSPS) is 14.8. The molecule has 0 radical (unpaired) electrons. The zero-order valence-electron chi connectivity index (χ0n) is 17.3. The molecule has 4 aromatic rings. The molecule has 0 saturated carbocycles. The van der Waals surface area contributed by atoms with E-state index >= 15 is 0 Å². The molecule has 1 aliphatic heterocycles. The molecule has 32 heavy (non-hydrogen) atoms. The van der Waals surface area contributed by atoms with Gasteiger partial charge in [-0.3, -0.25) is 4.79 Å². The van der Waals surface area contributed by atoms with Gasteiger partial charge in [0.15, 0.2) is 0 Å². The van der Waals surface area contributed by atoms with Gasteiger partial charge < -0.3 is 5.43 Å². The number of hydrogen-bond donors (Lipinski definition) is 3. The lowest BCUT2D eigenvalue weighted by Gasteiger charge is -2.28. The molecule has 1 aliphatic rings. The van der Waals surface area contributed by atoms with E-state index in [0.29, 0.717) is 5.70 Å². The van der Waals surface area contributed by atoms with E-state index in [0.717, 1.165) is 22.1 Å². The summed E-state index contributed by atoms with van der Waals surface area (Å²) in [7, 11) is 0. The highest BCUT2D eigenvalue weighted by atomic mass is 16.2. The van der Waals surface area contributed by atoms with Crippen LogP contribution in [0.25, 0.3) is 10.8 Å². The largest absolute Gasteiger partial charge is 0.315 e. The average molecular weight is 418 g/mol. The maximum Gasteiger partial charge on any atom is 0.288 e. The van der Waals surface area contributed by atoms with Gasteiger partial charge in [0.2, 0.25) is 0 Å². The first-order chi connectivity index (χ1) is 15.7. The molecular weight excluding hydrogens is 396 g/mol. The van der Waals surface area contributed by atoms with Crippen molar-refractivity contribution in [3.8, 4) is 0 Å². The highest BCUT2D eigenvalue weighted by Crippen LogP contribution is 2.34. The quantitative estimate of drug-likeness (QED) is 0.336. The van der Waals surface area contributed by atoms with E-state index < -0.39 is 5.54 Å². The molecule has 0 bridgehead atoms. The Kier molecular flexibility index (Phi) is 5.24. The number of amides is 1. The number of rotatable bonds is 5. The zero-order chi connectivity index (χ0) is 21.8. The third kappa shape index (κ3) is 3.77. The third-order valence-corrected chi connectivity index (χ3v) is 5.61. The molecule has 0 saturated heterocycles. The first kappa shape index (κ1) is 19.7. The smallest absolute Gasteiger partial charge is 0.288 e. The van der Waals surface area contributed by atoms with Crippen LogP contribution in [0.15, 0.2) is 120 Å². The minimum atomic E-state index is -0.656. The van der Waals surface area contributed by atoms with Gasteiger partial charge in [0.25, 0.3) is 5.91 Å². The van der Waals surface area contributed by atoms with Gasteiger partial charge in [-0.05, 0) is 39.6 Å². The second-order valence-electron chi connectivity index (χ2n) is 7.65. The molecule has 0 aromatic heterocycles. The number of fused-ring (bicyclic) bond motifs is 1. The van der Waals surface area contributed by atoms with Crippen LogP contribution in [-0.4, -0.2) is 12.1 Å². The van der Waals surface area contributed by atoms with Gasteiger partial charge in [0, 0.05) is 0 Å². The van der Waals surface area contributed by atoms with Crippen molar-refractivity contribution < 1.29 is 4.79 Å². The Morgan fingerprint density at radius 3 is 2.09 bits per heavy atom. The van der Waals surface area contributed by atoms with E-state index in [4.69, 9.17) is 0 Å². The summed E-state index contributed by atoms with van der Waals surface area (Å²) in [6, 6.07) is 34.2. The van der Waals surface area contributed by atoms with Crippen LogP contribution in [0.2, 0.25) is 0 Å². The molecule has 0 unspecified atom stereocenters. The number of hydrazine groups is 1. The monoisotopic (exact) mass is 418 g/mol. The lowest BCUT2D eigenvalue weighted by molar-refractivity contribution is -0.117. The van der Waals surface area contributed by atoms with Crippen LogP contribution in [-0.2, 0) is 10.3 Å². The molecule has 1 amide bonds. The molecule has 0 spiro atoms. The number of carbonyl (C=O) groups excluding carboxylic acids is 1. The second-order valence-corrected chi connectivity index (χ2v) is 7.65. The number of hydrogen-bond acceptors (Lipinski definition) is 4. The van der Waals surface area contributed by atoms with Crippen LogP contribution in [0.3, 0.4) is 0 Å². The Morgan fingerprint density at radius 1 is 0.781 bits per heavy atom. The first-order valence-electron chi connectivity index (χ1n) is 10.4. The molecule has 1 heterocycles. The predicted molar refractivity (Wildman–Crippen MR) is 128 cm³/mol. The van der Waals surface area contributed by atoms with E-state index in [1.807, 2.05) is 97.1 Å². The fourth-order valence-electron chi connectivity index (χ4n) is 3.97. The second kappa shape index (κ2) is 8.49. The fraction of sp³-hybridized carbons (Fsp3) is 0.0370. The molecule has 0 atom stereocenters. The molecule has 5 rings (SSSR count). The summed E-state index contributed by atoms with van der Waals surface area (Å²) in [4.78, 5) is 12.8. The molecule has 3 N–H and O–H groups in total. The summed E-state index contributed by atoms with van der Waals surface area (Å²) in [6.45, 7) is 0. The Balaban J connectivity index is 1.38. The Morgan fingerprint density at radius 2 is 1.41 bits per heavy atom. The average Bonchev–Trinajstić information content (AvgIpc) is 3.32. The number of carbonyl (C=O) groups is 1. The van der Waals surface area contributed by atoms with E-state index in [2.05, 4.69) is 33.5 Å². The summed E-state index contributed by atoms with van der Waals surface area (Å²) in [5.74, 6) is -0.316. The van der Waals surface area contributed by atoms with Gasteiger partial charge >= 0.3 is 0 Å². The van der Waals surface area contributed by atoms with Gasteiger partial charge in [0.05, 0.1) is 6.21 Å². The Bertz CT molecular complexity index is 1270. The van der Waals surface area contributed by atoms with Crippen LogP contribution in [0, 0.1) is 0 Å². The van der Waals surface area contributed by atoms with Gasteiger partial charge in [-0.25, -0.2) is 10.9 Å². The van der Waals surface area contributed by atoms with Crippen molar-refractivity contribution in [1.29, 1.82) is 0 Å². The number of nitrogens with one attached hydrogen (secondary N) is 3. The molecule has 5 heteroatoms. The van der Waals surface area contributed by atoms with Crippen molar-refractivity contribution >= 4 is 22.9 Å². The lowest BCUT2D eigenvalue weighted by atomic mass is 9.83. The summed E-state index contributed by atoms with van der Waals surface area (Å²) >= 11 is 0. The van der Waals surface area contributed by atoms with Crippen molar-refractivity contribution in [2.45, 2.75) is 5.54 Å². The minimum Gasteiger partial charge on any atom is -0.315 e. The molecule has 0 fully saturated rings. The van der Waals surface area contributed by atoms with Crippen molar-refractivity contribution in [1.82, 2.24) is 16.3 Å². The first-order valence-corrected chi connectivity index (χ1v) is 10.4. The Labute approximate surface area is 186 Å². The van der Waals surface area contributed by atoms with Crippen molar-refractivity contribution in [2.75, 3.05) is 0 Å². The molecule has 5 nitrogen and oxygen atoms in total. The highest BCUT2D eigenvalue weighted by molar-refractivity contribution is 5.95. The Hall–Kier alpha value is -4.22. The van der Waals surface area contributed by atoms with E-state index in [1.54, 1.807) is 6.21 Å². The molecule has 4 aromatic carbocycles. The van der Waals surface area contributed by atoms with Crippen LogP contribution in [0.4, 0.5) is 0 Å². The van der Waals surface area contributed by atoms with E-state index in [1.165, 1.54) is 5.39 Å². The van der Waals surface area contributed by atoms with Crippen LogP contribution < -0.4 is 16.3 Å². The van der Waals surface area contributed by atoms with Gasteiger partial charge in [-0.2, -0.15) is 5.10 Å². The summed E-state index contributed by atoms with van der Waals surface area (Å²) in [5, 5.41) is 6.45. The fourth-order valence-corrected chi connectivity index (χ4v) is 3.97. The van der Waals surface area contributed by atoms with Gasteiger partial charge in [-0.15, -0.1) is 0 Å². The summed E-state index contributed by atoms with van der Waals surface area (Å²) in [5.41, 5.74) is 11.7. The van der Waals surface area contributed by atoms with E-state index in [9.17, 15) is 4.79 Å². The van der Waals surface area contributed by atoms with Crippen LogP contribution >= 0.6 is 0 Å². The highest BCUT2D eigenvalue weighted by Gasteiger charge is 2.38. The maximum atomic E-state index is 12.8. The van der Waals surface area contributed by atoms with Crippen molar-refractivity contribution in [3.05, 3.63) is 132 Å². The number of hydrazone groups is 1. The van der Waals surface area contributed by atoms with Gasteiger partial charge in [-0.1, -0.05) is 97.1 Å². The van der Waals surface area contributed by atoms with Crippen LogP contribution in [0.5, 0.6) is 0 Å². The van der Waals surface area contributed by atoms with Crippen LogP contribution in [0.1, 0.15) is 16.7 Å². The third-order valence-electron chi connectivity index (χ3n) is 5.61. The molecule has 0 aliphatic carbocycles. The number of nitrogens with zero attached hydrogens (tertiary/aromatic N) is 1. The minimum absolute atomic E-state index is 0.316. The SMILES string of the molecule is O=C(NN=Cc1ccc2ccccc2c1)C1=CC(c2ccccc2)(c2ccccc2)NN1. The van der Waals surface area contributed by atoms with Crippen molar-refractivity contribution in [3.63, 3.8) is 0 Å². The maximum absolute atomic E-state index is 12.8. The topological polar surface area (TPSA) is 65.5 Å². The summed E-state index contributed by atoms with van der Waals surface area (Å²) in [6.07, 6.45) is 3.55. The van der Waals surface area contributed by atoms with E-state index in [-0.39, 0.29) is 5.91 Å². The lowest BCUT2D eigenvalue weighted by Crippen LogP contribution is -2.44.